The predicted molar refractivity (Wildman–Crippen MR) is 99.0 cm³/mol. The average Bonchev–Trinajstić information content (AvgIpc) is 3.29. The monoisotopic (exact) mass is 369 g/mol. The van der Waals surface area contributed by atoms with Gasteiger partial charge in [0.1, 0.15) is 11.6 Å². The van der Waals surface area contributed by atoms with Crippen molar-refractivity contribution in [2.24, 2.45) is 0 Å². The van der Waals surface area contributed by atoms with Gasteiger partial charge in [-0.3, -0.25) is 4.40 Å². The lowest BCUT2D eigenvalue weighted by atomic mass is 9.83. The first kappa shape index (κ1) is 16.1. The van der Waals surface area contributed by atoms with Crippen molar-refractivity contribution in [1.29, 1.82) is 0 Å². The first-order valence-corrected chi connectivity index (χ1v) is 9.37. The Kier molecular flexibility index (Phi) is 3.37. The Morgan fingerprint density at radius 3 is 2.62 bits per heavy atom. The summed E-state index contributed by atoms with van der Waals surface area (Å²) in [4.78, 5) is 0. The molecule has 5 rings (SSSR count). The molecule has 26 heavy (non-hydrogen) atoms. The zero-order valence-corrected chi connectivity index (χ0v) is 15.3. The van der Waals surface area contributed by atoms with Crippen molar-refractivity contribution in [3.8, 4) is 11.5 Å². The number of pyridine rings is 1. The van der Waals surface area contributed by atoms with E-state index >= 15 is 0 Å². The normalized spacial score (nSPS) is 27.3. The molecule has 2 bridgehead atoms. The summed E-state index contributed by atoms with van der Waals surface area (Å²) >= 11 is 6.31. The van der Waals surface area contributed by atoms with Crippen LogP contribution in [0.2, 0.25) is 5.02 Å². The molecule has 0 spiro atoms. The second-order valence-electron chi connectivity index (χ2n) is 7.76. The quantitative estimate of drug-likeness (QED) is 0.741. The van der Waals surface area contributed by atoms with E-state index in [0.29, 0.717) is 22.2 Å². The molecule has 2 aromatic heterocycles. The summed E-state index contributed by atoms with van der Waals surface area (Å²) in [6, 6.07) is 9.51. The molecule has 3 aromatic rings. The molecule has 0 atom stereocenters. The van der Waals surface area contributed by atoms with Crippen LogP contribution in [0.15, 0.2) is 36.5 Å². The molecular formula is C20H20ClN3O2. The van der Waals surface area contributed by atoms with Crippen LogP contribution in [0.5, 0.6) is 11.5 Å². The Labute approximate surface area is 156 Å². The van der Waals surface area contributed by atoms with E-state index in [9.17, 15) is 5.11 Å². The molecule has 0 saturated heterocycles. The first-order valence-electron chi connectivity index (χ1n) is 8.99. The van der Waals surface area contributed by atoms with Gasteiger partial charge in [0.2, 0.25) is 5.65 Å². The van der Waals surface area contributed by atoms with Gasteiger partial charge in [-0.1, -0.05) is 23.7 Å². The van der Waals surface area contributed by atoms with Gasteiger partial charge in [-0.05, 0) is 62.8 Å². The smallest absolute Gasteiger partial charge is 0.203 e. The summed E-state index contributed by atoms with van der Waals surface area (Å²) in [7, 11) is 0. The van der Waals surface area contributed by atoms with Crippen LogP contribution in [-0.2, 0) is 5.41 Å². The third kappa shape index (κ3) is 2.27. The van der Waals surface area contributed by atoms with E-state index in [-0.39, 0.29) is 5.41 Å². The van der Waals surface area contributed by atoms with Crippen molar-refractivity contribution in [1.82, 2.24) is 14.6 Å². The largest absolute Gasteiger partial charge is 0.452 e. The van der Waals surface area contributed by atoms with Crippen molar-refractivity contribution in [2.45, 2.75) is 50.0 Å². The third-order valence-corrected chi connectivity index (χ3v) is 6.35. The van der Waals surface area contributed by atoms with Crippen LogP contribution in [0.4, 0.5) is 0 Å². The molecule has 2 aliphatic rings. The van der Waals surface area contributed by atoms with Gasteiger partial charge in [-0.2, -0.15) is 0 Å². The molecule has 0 amide bonds. The molecule has 2 heterocycles. The SMILES string of the molecule is Cc1cccc(Cl)c1Oc1cccn2c(C34CCC(O)(CC3)C4)nnc12. The fraction of sp³-hybridized carbons (Fsp3) is 0.400. The van der Waals surface area contributed by atoms with E-state index in [0.717, 1.165) is 43.5 Å². The number of hydrogen-bond donors (Lipinski definition) is 1. The van der Waals surface area contributed by atoms with Crippen LogP contribution >= 0.6 is 11.6 Å². The molecule has 0 radical (unpaired) electrons. The number of aliphatic hydroxyl groups is 1. The van der Waals surface area contributed by atoms with Gasteiger partial charge in [-0.15, -0.1) is 10.2 Å². The average molecular weight is 370 g/mol. The summed E-state index contributed by atoms with van der Waals surface area (Å²) in [6.07, 6.45) is 6.35. The van der Waals surface area contributed by atoms with Crippen LogP contribution < -0.4 is 4.74 Å². The zero-order chi connectivity index (χ0) is 17.9. The van der Waals surface area contributed by atoms with Gasteiger partial charge in [0.25, 0.3) is 0 Å². The Hall–Kier alpha value is -2.11. The lowest BCUT2D eigenvalue weighted by molar-refractivity contribution is 0.0521. The number of para-hydroxylation sites is 1. The van der Waals surface area contributed by atoms with E-state index in [2.05, 4.69) is 10.2 Å². The summed E-state index contributed by atoms with van der Waals surface area (Å²) < 4.78 is 8.13. The Morgan fingerprint density at radius 1 is 1.12 bits per heavy atom. The van der Waals surface area contributed by atoms with Gasteiger partial charge in [0, 0.05) is 11.6 Å². The van der Waals surface area contributed by atoms with Crippen LogP contribution in [0.1, 0.15) is 43.5 Å². The maximum atomic E-state index is 10.6. The van der Waals surface area contributed by atoms with Gasteiger partial charge in [-0.25, -0.2) is 0 Å². The number of benzene rings is 1. The van der Waals surface area contributed by atoms with Crippen LogP contribution in [0, 0.1) is 6.92 Å². The molecule has 1 aromatic carbocycles. The lowest BCUT2D eigenvalue weighted by Crippen LogP contribution is -2.23. The van der Waals surface area contributed by atoms with Crippen molar-refractivity contribution in [3.05, 3.63) is 52.9 Å². The second-order valence-corrected chi connectivity index (χ2v) is 8.17. The van der Waals surface area contributed by atoms with Gasteiger partial charge >= 0.3 is 0 Å². The Morgan fingerprint density at radius 2 is 1.92 bits per heavy atom. The maximum absolute atomic E-state index is 10.6. The molecule has 0 unspecified atom stereocenters. The third-order valence-electron chi connectivity index (χ3n) is 6.05. The van der Waals surface area contributed by atoms with Crippen LogP contribution in [0.3, 0.4) is 0 Å². The standard InChI is InChI=1S/C20H20ClN3O2/c1-13-4-2-5-14(21)16(13)26-15-6-3-11-24-17(15)22-23-18(24)19-7-9-20(25,12-19)10-8-19/h2-6,11,25H,7-10,12H2,1H3. The fourth-order valence-corrected chi connectivity index (χ4v) is 4.93. The molecular weight excluding hydrogens is 350 g/mol. The maximum Gasteiger partial charge on any atom is 0.203 e. The Balaban J connectivity index is 1.59. The highest BCUT2D eigenvalue weighted by atomic mass is 35.5. The highest BCUT2D eigenvalue weighted by molar-refractivity contribution is 6.32. The molecule has 2 saturated carbocycles. The second kappa shape index (κ2) is 5.44. The summed E-state index contributed by atoms with van der Waals surface area (Å²) in [5.41, 5.74) is 1.05. The van der Waals surface area contributed by atoms with Gasteiger partial charge < -0.3 is 9.84 Å². The van der Waals surface area contributed by atoms with Gasteiger partial charge in [0.05, 0.1) is 10.6 Å². The van der Waals surface area contributed by atoms with Crippen LogP contribution in [0.25, 0.3) is 5.65 Å². The van der Waals surface area contributed by atoms with E-state index in [1.54, 1.807) is 0 Å². The van der Waals surface area contributed by atoms with Gasteiger partial charge in [0.15, 0.2) is 5.75 Å². The van der Waals surface area contributed by atoms with Crippen molar-refractivity contribution < 1.29 is 9.84 Å². The molecule has 2 aliphatic carbocycles. The minimum atomic E-state index is -0.519. The molecule has 5 nitrogen and oxygen atoms in total. The topological polar surface area (TPSA) is 59.7 Å². The highest BCUT2D eigenvalue weighted by Crippen LogP contribution is 2.57. The zero-order valence-electron chi connectivity index (χ0n) is 14.6. The lowest BCUT2D eigenvalue weighted by Gasteiger charge is -2.24. The predicted octanol–water partition coefficient (Wildman–Crippen LogP) is 4.43. The number of fused-ring (bicyclic) bond motifs is 3. The summed E-state index contributed by atoms with van der Waals surface area (Å²) in [5.74, 6) is 2.20. The molecule has 6 heteroatoms. The van der Waals surface area contributed by atoms with E-state index < -0.39 is 5.60 Å². The first-order chi connectivity index (χ1) is 12.5. The van der Waals surface area contributed by atoms with Crippen molar-refractivity contribution in [2.75, 3.05) is 0 Å². The minimum absolute atomic E-state index is 0.0763. The molecule has 2 fully saturated rings. The number of aryl methyl sites for hydroxylation is 1. The highest BCUT2D eigenvalue weighted by Gasteiger charge is 2.56. The van der Waals surface area contributed by atoms with Crippen molar-refractivity contribution in [3.63, 3.8) is 0 Å². The van der Waals surface area contributed by atoms with Crippen LogP contribution in [-0.4, -0.2) is 25.3 Å². The van der Waals surface area contributed by atoms with E-state index in [4.69, 9.17) is 16.3 Å². The number of ether oxygens (including phenoxy) is 1. The van der Waals surface area contributed by atoms with E-state index in [1.807, 2.05) is 47.9 Å². The van der Waals surface area contributed by atoms with E-state index in [1.165, 1.54) is 0 Å². The number of aromatic nitrogens is 3. The number of nitrogens with zero attached hydrogens (tertiary/aromatic N) is 3. The summed E-state index contributed by atoms with van der Waals surface area (Å²) in [5, 5.41) is 20.1. The minimum Gasteiger partial charge on any atom is -0.452 e. The number of halogens is 1. The Bertz CT molecular complexity index is 985. The van der Waals surface area contributed by atoms with Crippen molar-refractivity contribution >= 4 is 17.2 Å². The molecule has 1 N–H and O–H groups in total. The number of rotatable bonds is 3. The fourth-order valence-electron chi connectivity index (χ4n) is 4.67. The number of hydrogen-bond acceptors (Lipinski definition) is 4. The molecule has 134 valence electrons. The molecule has 0 aliphatic heterocycles. The summed E-state index contributed by atoms with van der Waals surface area (Å²) in [6.45, 7) is 1.97.